The molecule has 164 valence electrons. The highest BCUT2D eigenvalue weighted by molar-refractivity contribution is 5.77. The lowest BCUT2D eigenvalue weighted by molar-refractivity contribution is 0.117. The minimum atomic E-state index is -0.0695. The number of hydrogen-bond acceptors (Lipinski definition) is 7. The third-order valence-electron chi connectivity index (χ3n) is 5.93. The lowest BCUT2D eigenvalue weighted by Crippen LogP contribution is -2.46. The first-order valence-corrected chi connectivity index (χ1v) is 11.0. The maximum atomic E-state index is 12.2. The molecule has 0 saturated carbocycles. The molecule has 0 atom stereocenters. The molecular weight excluding hydrogens is 404 g/mol. The number of H-pyrrole nitrogens is 1. The summed E-state index contributed by atoms with van der Waals surface area (Å²) < 4.78 is 5.47. The van der Waals surface area contributed by atoms with Crippen molar-refractivity contribution in [3.63, 3.8) is 0 Å². The van der Waals surface area contributed by atoms with Gasteiger partial charge in [0.15, 0.2) is 0 Å². The summed E-state index contributed by atoms with van der Waals surface area (Å²) in [6.07, 6.45) is 0.726. The lowest BCUT2D eigenvalue weighted by Gasteiger charge is -2.33. The van der Waals surface area contributed by atoms with E-state index >= 15 is 0 Å². The summed E-state index contributed by atoms with van der Waals surface area (Å²) in [6.45, 7) is 7.36. The van der Waals surface area contributed by atoms with E-state index < -0.39 is 0 Å². The molecule has 0 unspecified atom stereocenters. The maximum Gasteiger partial charge on any atom is 0.258 e. The van der Waals surface area contributed by atoms with Crippen LogP contribution in [0.3, 0.4) is 0 Å². The normalized spacial score (nSPS) is 15.4. The minimum Gasteiger partial charge on any atom is -0.338 e. The number of piperazine rings is 1. The van der Waals surface area contributed by atoms with Crippen molar-refractivity contribution in [2.75, 3.05) is 32.7 Å². The van der Waals surface area contributed by atoms with Crippen molar-refractivity contribution >= 4 is 10.9 Å². The number of para-hydroxylation sites is 1. The van der Waals surface area contributed by atoms with Gasteiger partial charge in [0.1, 0.15) is 5.82 Å². The summed E-state index contributed by atoms with van der Waals surface area (Å²) in [6, 6.07) is 15.6. The minimum absolute atomic E-state index is 0.0695. The summed E-state index contributed by atoms with van der Waals surface area (Å²) in [5.74, 6) is 2.02. The molecule has 5 rings (SSSR count). The van der Waals surface area contributed by atoms with Gasteiger partial charge in [-0.1, -0.05) is 47.1 Å². The van der Waals surface area contributed by atoms with E-state index in [1.165, 1.54) is 5.56 Å². The second-order valence-corrected chi connectivity index (χ2v) is 8.28. The summed E-state index contributed by atoms with van der Waals surface area (Å²) in [7, 11) is 0. The highest BCUT2D eigenvalue weighted by atomic mass is 16.5. The van der Waals surface area contributed by atoms with Crippen molar-refractivity contribution in [1.82, 2.24) is 29.9 Å². The zero-order valence-corrected chi connectivity index (χ0v) is 18.1. The van der Waals surface area contributed by atoms with Gasteiger partial charge in [0.25, 0.3) is 5.56 Å². The molecule has 1 N–H and O–H groups in total. The molecule has 2 aromatic carbocycles. The first kappa shape index (κ1) is 20.5. The van der Waals surface area contributed by atoms with Gasteiger partial charge in [0, 0.05) is 44.7 Å². The van der Waals surface area contributed by atoms with Crippen molar-refractivity contribution < 1.29 is 4.52 Å². The number of fused-ring (bicyclic) bond motifs is 1. The first-order valence-electron chi connectivity index (χ1n) is 11.0. The van der Waals surface area contributed by atoms with Crippen LogP contribution in [0.1, 0.15) is 17.3 Å². The largest absolute Gasteiger partial charge is 0.338 e. The summed E-state index contributed by atoms with van der Waals surface area (Å²) in [4.78, 5) is 29.1. The fraction of sp³-hybridized carbons (Fsp3) is 0.333. The fourth-order valence-electron chi connectivity index (χ4n) is 4.02. The topological polar surface area (TPSA) is 91.2 Å². The quantitative estimate of drug-likeness (QED) is 0.503. The Bertz CT molecular complexity index is 1260. The van der Waals surface area contributed by atoms with Crippen molar-refractivity contribution in [2.45, 2.75) is 19.9 Å². The Kier molecular flexibility index (Phi) is 5.79. The number of nitrogens with zero attached hydrogens (tertiary/aromatic N) is 5. The van der Waals surface area contributed by atoms with Crippen LogP contribution in [0.2, 0.25) is 0 Å². The smallest absolute Gasteiger partial charge is 0.258 e. The molecule has 1 aliphatic heterocycles. The molecule has 0 aliphatic carbocycles. The second-order valence-electron chi connectivity index (χ2n) is 8.28. The number of hydrogen-bond donors (Lipinski definition) is 1. The Labute approximate surface area is 185 Å². The highest BCUT2D eigenvalue weighted by Crippen LogP contribution is 2.17. The molecule has 4 aromatic rings. The van der Waals surface area contributed by atoms with Crippen LogP contribution in [0, 0.1) is 6.92 Å². The van der Waals surface area contributed by atoms with E-state index in [-0.39, 0.29) is 5.56 Å². The lowest BCUT2D eigenvalue weighted by atomic mass is 10.1. The van der Waals surface area contributed by atoms with E-state index in [1.54, 1.807) is 6.07 Å². The van der Waals surface area contributed by atoms with Crippen LogP contribution in [0.25, 0.3) is 22.3 Å². The van der Waals surface area contributed by atoms with Crippen molar-refractivity contribution in [3.05, 3.63) is 76.2 Å². The SMILES string of the molecule is Cc1ccc(-c2noc(CN3CCN(CCc4nc5ccccc5c(=O)[nH]4)CC3)n2)cc1. The van der Waals surface area contributed by atoms with Gasteiger partial charge in [-0.15, -0.1) is 0 Å². The van der Waals surface area contributed by atoms with E-state index in [4.69, 9.17) is 4.52 Å². The van der Waals surface area contributed by atoms with Crippen LogP contribution < -0.4 is 5.56 Å². The standard InChI is InChI=1S/C24H26N6O2/c1-17-6-8-18(9-7-17)23-27-22(32-28-23)16-30-14-12-29(13-15-30)11-10-21-25-20-5-3-2-4-19(20)24(31)26-21/h2-9H,10-16H2,1H3,(H,25,26,31). The molecule has 1 fully saturated rings. The van der Waals surface area contributed by atoms with Gasteiger partial charge in [0.2, 0.25) is 11.7 Å². The zero-order chi connectivity index (χ0) is 21.9. The Balaban J connectivity index is 1.12. The van der Waals surface area contributed by atoms with Gasteiger partial charge < -0.3 is 14.4 Å². The number of nitrogens with one attached hydrogen (secondary N) is 1. The Morgan fingerprint density at radius 2 is 1.72 bits per heavy atom. The molecule has 3 heterocycles. The monoisotopic (exact) mass is 430 g/mol. The molecule has 8 heteroatoms. The molecule has 32 heavy (non-hydrogen) atoms. The third kappa shape index (κ3) is 4.61. The first-order chi connectivity index (χ1) is 15.6. The van der Waals surface area contributed by atoms with Crippen LogP contribution in [0.15, 0.2) is 57.8 Å². The Hall–Kier alpha value is -3.36. The van der Waals surface area contributed by atoms with Gasteiger partial charge in [-0.05, 0) is 19.1 Å². The van der Waals surface area contributed by atoms with Crippen LogP contribution in [-0.2, 0) is 13.0 Å². The molecule has 0 spiro atoms. The van der Waals surface area contributed by atoms with E-state index in [0.29, 0.717) is 23.6 Å². The average molecular weight is 431 g/mol. The zero-order valence-electron chi connectivity index (χ0n) is 18.1. The average Bonchev–Trinajstić information content (AvgIpc) is 3.28. The number of benzene rings is 2. The van der Waals surface area contributed by atoms with Gasteiger partial charge in [0.05, 0.1) is 17.4 Å². The van der Waals surface area contributed by atoms with Crippen LogP contribution >= 0.6 is 0 Å². The number of aromatic amines is 1. The van der Waals surface area contributed by atoms with E-state index in [9.17, 15) is 4.79 Å². The van der Waals surface area contributed by atoms with E-state index in [2.05, 4.69) is 36.8 Å². The number of aryl methyl sites for hydroxylation is 1. The van der Waals surface area contributed by atoms with Crippen LogP contribution in [0.5, 0.6) is 0 Å². The predicted molar refractivity (Wildman–Crippen MR) is 122 cm³/mol. The van der Waals surface area contributed by atoms with Crippen LogP contribution in [0.4, 0.5) is 0 Å². The van der Waals surface area contributed by atoms with Crippen molar-refractivity contribution in [1.29, 1.82) is 0 Å². The summed E-state index contributed by atoms with van der Waals surface area (Å²) in [5.41, 5.74) is 2.86. The molecule has 1 aliphatic rings. The molecule has 1 saturated heterocycles. The van der Waals surface area contributed by atoms with Gasteiger partial charge >= 0.3 is 0 Å². The summed E-state index contributed by atoms with van der Waals surface area (Å²) >= 11 is 0. The number of rotatable bonds is 6. The third-order valence-corrected chi connectivity index (χ3v) is 5.93. The maximum absolute atomic E-state index is 12.2. The Morgan fingerprint density at radius 3 is 2.53 bits per heavy atom. The van der Waals surface area contributed by atoms with E-state index in [1.807, 2.05) is 42.5 Å². The van der Waals surface area contributed by atoms with Crippen molar-refractivity contribution in [2.24, 2.45) is 0 Å². The van der Waals surface area contributed by atoms with Gasteiger partial charge in [-0.3, -0.25) is 9.69 Å². The Morgan fingerprint density at radius 1 is 0.969 bits per heavy atom. The van der Waals surface area contributed by atoms with Crippen molar-refractivity contribution in [3.8, 4) is 11.4 Å². The molecule has 0 radical (unpaired) electrons. The van der Waals surface area contributed by atoms with Gasteiger partial charge in [-0.25, -0.2) is 4.98 Å². The van der Waals surface area contributed by atoms with E-state index in [0.717, 1.165) is 56.0 Å². The molecule has 0 amide bonds. The highest BCUT2D eigenvalue weighted by Gasteiger charge is 2.19. The molecule has 2 aromatic heterocycles. The molecule has 0 bridgehead atoms. The molecule has 8 nitrogen and oxygen atoms in total. The summed E-state index contributed by atoms with van der Waals surface area (Å²) in [5, 5.41) is 4.76. The number of aromatic nitrogens is 4. The second kappa shape index (κ2) is 9.02. The van der Waals surface area contributed by atoms with Crippen LogP contribution in [-0.4, -0.2) is 62.6 Å². The predicted octanol–water partition coefficient (Wildman–Crippen LogP) is 2.64. The molecular formula is C24H26N6O2. The van der Waals surface area contributed by atoms with Gasteiger partial charge in [-0.2, -0.15) is 4.98 Å². The fourth-order valence-corrected chi connectivity index (χ4v) is 4.02.